The molecular weight excluding hydrogens is 391 g/mol. The summed E-state index contributed by atoms with van der Waals surface area (Å²) in [5, 5.41) is 5.48. The van der Waals surface area contributed by atoms with E-state index in [1.54, 1.807) is 12.1 Å². The summed E-state index contributed by atoms with van der Waals surface area (Å²) >= 11 is 0. The van der Waals surface area contributed by atoms with Crippen LogP contribution in [0.2, 0.25) is 0 Å². The van der Waals surface area contributed by atoms with Crippen LogP contribution in [0.15, 0.2) is 72.8 Å². The van der Waals surface area contributed by atoms with Crippen LogP contribution in [0.5, 0.6) is 5.75 Å². The van der Waals surface area contributed by atoms with Crippen molar-refractivity contribution in [3.63, 3.8) is 0 Å². The highest BCUT2D eigenvalue weighted by Crippen LogP contribution is 2.35. The van der Waals surface area contributed by atoms with Crippen molar-refractivity contribution in [1.29, 1.82) is 0 Å². The Morgan fingerprint density at radius 2 is 1.53 bits per heavy atom. The van der Waals surface area contributed by atoms with Crippen LogP contribution in [0.4, 0.5) is 24.5 Å². The van der Waals surface area contributed by atoms with Crippen molar-refractivity contribution in [2.75, 3.05) is 5.32 Å². The lowest BCUT2D eigenvalue weighted by atomic mass is 10.1. The van der Waals surface area contributed by atoms with Crippen LogP contribution in [-0.2, 0) is 7.05 Å². The van der Waals surface area contributed by atoms with Gasteiger partial charge in [0.25, 0.3) is 0 Å². The lowest BCUT2D eigenvalue weighted by Crippen LogP contribution is -2.30. The van der Waals surface area contributed by atoms with Crippen molar-refractivity contribution >= 4 is 44.2 Å². The van der Waals surface area contributed by atoms with Gasteiger partial charge in [0, 0.05) is 11.8 Å². The molecule has 150 valence electrons. The van der Waals surface area contributed by atoms with Gasteiger partial charge >= 0.3 is 6.36 Å². The Morgan fingerprint density at radius 1 is 0.867 bits per heavy atom. The van der Waals surface area contributed by atoms with E-state index in [0.717, 1.165) is 38.5 Å². The first kappa shape index (κ1) is 18.3. The molecule has 0 aliphatic rings. The minimum absolute atomic E-state index is 0.256. The van der Waals surface area contributed by atoms with Gasteiger partial charge in [-0.05, 0) is 42.5 Å². The molecule has 0 saturated carbocycles. The van der Waals surface area contributed by atoms with E-state index in [9.17, 15) is 13.2 Å². The summed E-state index contributed by atoms with van der Waals surface area (Å²) in [6, 6.07) is 21.8. The number of nitrogens with zero attached hydrogens (tertiary/aromatic N) is 1. The highest BCUT2D eigenvalue weighted by molar-refractivity contribution is 6.13. The van der Waals surface area contributed by atoms with Gasteiger partial charge in [-0.25, -0.2) is 0 Å². The molecule has 7 heteroatoms. The van der Waals surface area contributed by atoms with Gasteiger partial charge in [0.05, 0.1) is 22.0 Å². The topological polar surface area (TPSA) is 40.9 Å². The van der Waals surface area contributed by atoms with Crippen LogP contribution in [-0.4, -0.2) is 11.3 Å². The standard InChI is InChI=1S/C23H16F3N3O/c1-29-19-9-5-3-7-17(19)20(21-22(29)16-6-2-4-8-18(16)28-21)27-14-10-12-15(13-11-14)30-23(24,25)26/h2-13H,1H3,(H,27,28)/p+1. The minimum atomic E-state index is -4.71. The fourth-order valence-electron chi connectivity index (χ4n) is 3.90. The minimum Gasteiger partial charge on any atom is -0.406 e. The van der Waals surface area contributed by atoms with Gasteiger partial charge in [0.15, 0.2) is 0 Å². The van der Waals surface area contributed by atoms with Crippen LogP contribution in [0, 0.1) is 0 Å². The van der Waals surface area contributed by atoms with Crippen LogP contribution in [0.25, 0.3) is 32.8 Å². The zero-order chi connectivity index (χ0) is 20.9. The number of hydrogen-bond donors (Lipinski definition) is 2. The number of alkyl halides is 3. The fourth-order valence-corrected chi connectivity index (χ4v) is 3.90. The van der Waals surface area contributed by atoms with Gasteiger partial charge in [-0.3, -0.25) is 0 Å². The summed E-state index contributed by atoms with van der Waals surface area (Å²) in [5.74, 6) is -0.256. The van der Waals surface area contributed by atoms with Gasteiger partial charge in [0.1, 0.15) is 18.3 Å². The Balaban J connectivity index is 1.68. The third kappa shape index (κ3) is 3.08. The van der Waals surface area contributed by atoms with E-state index in [2.05, 4.69) is 25.7 Å². The zero-order valence-corrected chi connectivity index (χ0v) is 15.9. The smallest absolute Gasteiger partial charge is 0.406 e. The molecule has 5 rings (SSSR count). The summed E-state index contributed by atoms with van der Waals surface area (Å²) in [6.07, 6.45) is -4.71. The van der Waals surface area contributed by atoms with Crippen molar-refractivity contribution in [1.82, 2.24) is 4.98 Å². The van der Waals surface area contributed by atoms with E-state index < -0.39 is 6.36 Å². The molecule has 2 N–H and O–H groups in total. The normalized spacial score (nSPS) is 12.0. The molecule has 0 radical (unpaired) electrons. The van der Waals surface area contributed by atoms with Gasteiger partial charge in [-0.1, -0.05) is 24.3 Å². The number of pyridine rings is 1. The molecule has 0 unspecified atom stereocenters. The number of nitrogens with one attached hydrogen (secondary N) is 2. The van der Waals surface area contributed by atoms with Crippen LogP contribution in [0.1, 0.15) is 0 Å². The Kier molecular flexibility index (Phi) is 4.06. The molecular formula is C23H17F3N3O+. The summed E-state index contributed by atoms with van der Waals surface area (Å²) in [6.45, 7) is 0. The number of anilines is 2. The molecule has 0 atom stereocenters. The number of H-pyrrole nitrogens is 1. The number of para-hydroxylation sites is 2. The predicted octanol–water partition coefficient (Wildman–Crippen LogP) is 5.94. The molecule has 5 aromatic rings. The number of aryl methyl sites for hydroxylation is 1. The Labute approximate surface area is 169 Å². The highest BCUT2D eigenvalue weighted by atomic mass is 19.4. The molecule has 0 amide bonds. The Morgan fingerprint density at radius 3 is 2.27 bits per heavy atom. The first-order valence-corrected chi connectivity index (χ1v) is 9.35. The second kappa shape index (κ2) is 6.66. The lowest BCUT2D eigenvalue weighted by molar-refractivity contribution is -0.616. The van der Waals surface area contributed by atoms with Gasteiger partial charge in [0.2, 0.25) is 11.0 Å². The van der Waals surface area contributed by atoms with Crippen molar-refractivity contribution in [3.8, 4) is 5.75 Å². The number of ether oxygens (including phenoxy) is 1. The Hall–Kier alpha value is -3.74. The molecule has 0 fully saturated rings. The summed E-state index contributed by atoms with van der Waals surface area (Å²) in [5.41, 5.74) is 5.53. The monoisotopic (exact) mass is 408 g/mol. The Bertz CT molecular complexity index is 1390. The zero-order valence-electron chi connectivity index (χ0n) is 15.9. The maximum absolute atomic E-state index is 12.4. The summed E-state index contributed by atoms with van der Waals surface area (Å²) in [4.78, 5) is 3.49. The van der Waals surface area contributed by atoms with E-state index in [-0.39, 0.29) is 5.75 Å². The van der Waals surface area contributed by atoms with Crippen molar-refractivity contribution in [2.24, 2.45) is 7.05 Å². The van der Waals surface area contributed by atoms with Crippen LogP contribution in [0.3, 0.4) is 0 Å². The second-order valence-electron chi connectivity index (χ2n) is 7.04. The first-order chi connectivity index (χ1) is 14.4. The molecule has 30 heavy (non-hydrogen) atoms. The SMILES string of the molecule is C[n+]1c2ccccc2c(Nc2ccc(OC(F)(F)F)cc2)c2[nH]c3ccccc3c21. The largest absolute Gasteiger partial charge is 0.573 e. The van der Waals surface area contributed by atoms with Gasteiger partial charge in [-0.2, -0.15) is 4.57 Å². The molecule has 0 aliphatic carbocycles. The van der Waals surface area contributed by atoms with Crippen molar-refractivity contribution in [3.05, 3.63) is 72.8 Å². The number of benzene rings is 3. The number of aromatic amines is 1. The average molecular weight is 408 g/mol. The van der Waals surface area contributed by atoms with Crippen LogP contribution < -0.4 is 14.6 Å². The van der Waals surface area contributed by atoms with Crippen molar-refractivity contribution < 1.29 is 22.5 Å². The molecule has 0 spiro atoms. The van der Waals surface area contributed by atoms with Gasteiger partial charge in [-0.15, -0.1) is 13.2 Å². The molecule has 0 saturated heterocycles. The molecule has 2 aromatic heterocycles. The molecule has 2 heterocycles. The molecule has 3 aromatic carbocycles. The predicted molar refractivity (Wildman–Crippen MR) is 111 cm³/mol. The quantitative estimate of drug-likeness (QED) is 0.363. The van der Waals surface area contributed by atoms with Crippen LogP contribution >= 0.6 is 0 Å². The number of hydrogen-bond acceptors (Lipinski definition) is 2. The highest BCUT2D eigenvalue weighted by Gasteiger charge is 2.31. The maximum Gasteiger partial charge on any atom is 0.573 e. The third-order valence-electron chi connectivity index (χ3n) is 5.16. The van der Waals surface area contributed by atoms with Crippen molar-refractivity contribution in [2.45, 2.75) is 6.36 Å². The third-order valence-corrected chi connectivity index (χ3v) is 5.16. The average Bonchev–Trinajstić information content (AvgIpc) is 3.11. The van der Waals surface area contributed by atoms with E-state index in [0.29, 0.717) is 5.69 Å². The summed E-state index contributed by atoms with van der Waals surface area (Å²) < 4.78 is 43.4. The number of rotatable bonds is 3. The van der Waals surface area contributed by atoms with E-state index in [1.165, 1.54) is 12.1 Å². The maximum atomic E-state index is 12.4. The second-order valence-corrected chi connectivity index (χ2v) is 7.04. The van der Waals surface area contributed by atoms with Gasteiger partial charge < -0.3 is 15.0 Å². The number of halogens is 3. The molecule has 0 bridgehead atoms. The van der Waals surface area contributed by atoms with E-state index in [4.69, 9.17) is 0 Å². The number of fused-ring (bicyclic) bond motifs is 4. The first-order valence-electron chi connectivity index (χ1n) is 9.35. The lowest BCUT2D eigenvalue weighted by Gasteiger charge is -2.12. The molecule has 4 nitrogen and oxygen atoms in total. The molecule has 0 aliphatic heterocycles. The van der Waals surface area contributed by atoms with E-state index in [1.807, 2.05) is 49.5 Å². The fraction of sp³-hybridized carbons (Fsp3) is 0.0870. The summed E-state index contributed by atoms with van der Waals surface area (Å²) in [7, 11) is 2.03. The van der Waals surface area contributed by atoms with E-state index >= 15 is 0 Å². The number of aromatic nitrogens is 2.